The van der Waals surface area contributed by atoms with Gasteiger partial charge in [0.2, 0.25) is 0 Å². The van der Waals surface area contributed by atoms with Crippen molar-refractivity contribution in [3.63, 3.8) is 0 Å². The predicted molar refractivity (Wildman–Crippen MR) is 112 cm³/mol. The normalized spacial score (nSPS) is 19.6. The molecule has 8 nitrogen and oxygen atoms in total. The molecule has 1 amide bonds. The van der Waals surface area contributed by atoms with Gasteiger partial charge in [0, 0.05) is 33.3 Å². The van der Waals surface area contributed by atoms with Crippen LogP contribution in [0.3, 0.4) is 0 Å². The first kappa shape index (κ1) is 21.3. The molecule has 1 aliphatic heterocycles. The molecule has 9 heteroatoms. The SMILES string of the molecule is COc1ccccc1C(=O)NC1CCN(CCNc2ccc(Cl)nn2)CC1OC. The largest absolute Gasteiger partial charge is 0.496 e. The van der Waals surface area contributed by atoms with Crippen LogP contribution in [0.4, 0.5) is 5.82 Å². The van der Waals surface area contributed by atoms with Crippen molar-refractivity contribution in [3.05, 3.63) is 47.1 Å². The van der Waals surface area contributed by atoms with Gasteiger partial charge in [-0.3, -0.25) is 9.69 Å². The maximum absolute atomic E-state index is 12.7. The molecule has 0 bridgehead atoms. The number of amides is 1. The number of benzene rings is 1. The highest BCUT2D eigenvalue weighted by molar-refractivity contribution is 6.29. The number of halogens is 1. The molecule has 0 spiro atoms. The molecule has 156 valence electrons. The highest BCUT2D eigenvalue weighted by Gasteiger charge is 2.30. The first-order chi connectivity index (χ1) is 14.1. The van der Waals surface area contributed by atoms with Crippen LogP contribution in [0.25, 0.3) is 0 Å². The van der Waals surface area contributed by atoms with Crippen LogP contribution in [-0.2, 0) is 4.74 Å². The minimum Gasteiger partial charge on any atom is -0.496 e. The Labute approximate surface area is 175 Å². The fraction of sp³-hybridized carbons (Fsp3) is 0.450. The second-order valence-corrected chi connectivity index (χ2v) is 7.20. The number of piperidine rings is 1. The fourth-order valence-electron chi connectivity index (χ4n) is 3.42. The standard InChI is InChI=1S/C20H26ClN5O3/c1-28-16-6-4-3-5-14(16)20(27)23-15-9-11-26(13-17(15)29-2)12-10-22-19-8-7-18(21)24-25-19/h3-8,15,17H,9-13H2,1-2H3,(H,22,25)(H,23,27). The van der Waals surface area contributed by atoms with Gasteiger partial charge in [0.05, 0.1) is 24.8 Å². The maximum atomic E-state index is 12.7. The van der Waals surface area contributed by atoms with E-state index in [0.717, 1.165) is 32.6 Å². The average molecular weight is 420 g/mol. The first-order valence-electron chi connectivity index (χ1n) is 9.53. The topological polar surface area (TPSA) is 88.6 Å². The molecular formula is C20H26ClN5O3. The van der Waals surface area contributed by atoms with E-state index >= 15 is 0 Å². The number of likely N-dealkylation sites (tertiary alicyclic amines) is 1. The van der Waals surface area contributed by atoms with Crippen LogP contribution in [0.5, 0.6) is 5.75 Å². The predicted octanol–water partition coefficient (Wildman–Crippen LogP) is 2.07. The van der Waals surface area contributed by atoms with Gasteiger partial charge in [-0.15, -0.1) is 10.2 Å². The van der Waals surface area contributed by atoms with E-state index < -0.39 is 0 Å². The summed E-state index contributed by atoms with van der Waals surface area (Å²) in [6.45, 7) is 3.16. The molecule has 1 fully saturated rings. The van der Waals surface area contributed by atoms with E-state index in [9.17, 15) is 4.79 Å². The lowest BCUT2D eigenvalue weighted by Crippen LogP contribution is -2.55. The molecule has 3 rings (SSSR count). The van der Waals surface area contributed by atoms with Crippen LogP contribution in [0, 0.1) is 0 Å². The minimum atomic E-state index is -0.147. The lowest BCUT2D eigenvalue weighted by atomic mass is 10.0. The molecule has 29 heavy (non-hydrogen) atoms. The van der Waals surface area contributed by atoms with E-state index in [1.54, 1.807) is 38.5 Å². The zero-order valence-corrected chi connectivity index (χ0v) is 17.4. The Kier molecular flexibility index (Phi) is 7.62. The first-order valence-corrected chi connectivity index (χ1v) is 9.90. The van der Waals surface area contributed by atoms with Crippen LogP contribution in [0.2, 0.25) is 5.15 Å². The van der Waals surface area contributed by atoms with E-state index in [1.807, 2.05) is 12.1 Å². The van der Waals surface area contributed by atoms with E-state index in [0.29, 0.717) is 22.3 Å². The molecule has 0 aliphatic carbocycles. The minimum absolute atomic E-state index is 0.0521. The Morgan fingerprint density at radius 3 is 2.79 bits per heavy atom. The molecule has 2 atom stereocenters. The van der Waals surface area contributed by atoms with E-state index in [1.165, 1.54) is 0 Å². The van der Waals surface area contributed by atoms with Crippen LogP contribution in [0.1, 0.15) is 16.8 Å². The van der Waals surface area contributed by atoms with Crippen LogP contribution in [0.15, 0.2) is 36.4 Å². The highest BCUT2D eigenvalue weighted by atomic mass is 35.5. The second kappa shape index (κ2) is 10.4. The molecular weight excluding hydrogens is 394 g/mol. The van der Waals surface area contributed by atoms with Crippen molar-refractivity contribution in [2.24, 2.45) is 0 Å². The lowest BCUT2D eigenvalue weighted by Gasteiger charge is -2.38. The smallest absolute Gasteiger partial charge is 0.255 e. The number of carbonyl (C=O) groups is 1. The summed E-state index contributed by atoms with van der Waals surface area (Å²) in [4.78, 5) is 15.0. The monoisotopic (exact) mass is 419 g/mol. The number of nitrogens with one attached hydrogen (secondary N) is 2. The van der Waals surface area contributed by atoms with E-state index in [2.05, 4.69) is 25.7 Å². The van der Waals surface area contributed by atoms with Crippen molar-refractivity contribution in [1.29, 1.82) is 0 Å². The van der Waals surface area contributed by atoms with Gasteiger partial charge in [-0.05, 0) is 30.7 Å². The van der Waals surface area contributed by atoms with Crippen LogP contribution in [-0.4, -0.2) is 73.5 Å². The summed E-state index contributed by atoms with van der Waals surface area (Å²) in [5.74, 6) is 1.11. The Morgan fingerprint density at radius 2 is 2.07 bits per heavy atom. The number of ether oxygens (including phenoxy) is 2. The number of hydrogen-bond acceptors (Lipinski definition) is 7. The van der Waals surface area contributed by atoms with Crippen LogP contribution >= 0.6 is 11.6 Å². The molecule has 1 saturated heterocycles. The number of methoxy groups -OCH3 is 2. The van der Waals surface area contributed by atoms with E-state index in [-0.39, 0.29) is 18.1 Å². The van der Waals surface area contributed by atoms with Crippen molar-refractivity contribution in [2.45, 2.75) is 18.6 Å². The van der Waals surface area contributed by atoms with Crippen molar-refractivity contribution < 1.29 is 14.3 Å². The van der Waals surface area contributed by atoms with Crippen LogP contribution < -0.4 is 15.4 Å². The van der Waals surface area contributed by atoms with E-state index in [4.69, 9.17) is 21.1 Å². The van der Waals surface area contributed by atoms with Gasteiger partial charge in [0.1, 0.15) is 11.6 Å². The van der Waals surface area contributed by atoms with Gasteiger partial charge in [-0.2, -0.15) is 0 Å². The number of aromatic nitrogens is 2. The van der Waals surface area contributed by atoms with Crippen molar-refractivity contribution in [3.8, 4) is 5.75 Å². The molecule has 1 aromatic carbocycles. The number of hydrogen-bond donors (Lipinski definition) is 2. The third kappa shape index (κ3) is 5.79. The number of para-hydroxylation sites is 1. The maximum Gasteiger partial charge on any atom is 0.255 e. The molecule has 1 aliphatic rings. The third-order valence-corrected chi connectivity index (χ3v) is 5.18. The van der Waals surface area contributed by atoms with Gasteiger partial charge >= 0.3 is 0 Å². The summed E-state index contributed by atoms with van der Waals surface area (Å²) < 4.78 is 10.9. The number of anilines is 1. The molecule has 1 aromatic heterocycles. The summed E-state index contributed by atoms with van der Waals surface area (Å²) in [5.41, 5.74) is 0.528. The summed E-state index contributed by atoms with van der Waals surface area (Å²) >= 11 is 5.74. The second-order valence-electron chi connectivity index (χ2n) is 6.81. The molecule has 2 unspecified atom stereocenters. The zero-order chi connectivity index (χ0) is 20.6. The zero-order valence-electron chi connectivity index (χ0n) is 16.6. The molecule has 0 radical (unpaired) electrons. The molecule has 0 saturated carbocycles. The summed E-state index contributed by atoms with van der Waals surface area (Å²) in [6.07, 6.45) is 0.720. The van der Waals surface area contributed by atoms with Crippen molar-refractivity contribution >= 4 is 23.3 Å². The average Bonchev–Trinajstić information content (AvgIpc) is 2.76. The summed E-state index contributed by atoms with van der Waals surface area (Å²) in [7, 11) is 3.24. The number of rotatable bonds is 8. The quantitative estimate of drug-likeness (QED) is 0.677. The lowest BCUT2D eigenvalue weighted by molar-refractivity contribution is 0.00762. The summed E-state index contributed by atoms with van der Waals surface area (Å²) in [5, 5.41) is 14.5. The fourth-order valence-corrected chi connectivity index (χ4v) is 3.52. The Bertz CT molecular complexity index is 805. The number of nitrogens with zero attached hydrogens (tertiary/aromatic N) is 3. The van der Waals surface area contributed by atoms with Crippen molar-refractivity contribution in [2.75, 3.05) is 45.7 Å². The molecule has 2 N–H and O–H groups in total. The Hall–Kier alpha value is -2.42. The molecule has 2 aromatic rings. The Balaban J connectivity index is 1.50. The van der Waals surface area contributed by atoms with Crippen molar-refractivity contribution in [1.82, 2.24) is 20.4 Å². The molecule has 2 heterocycles. The third-order valence-electron chi connectivity index (χ3n) is 4.98. The van der Waals surface area contributed by atoms with Gasteiger partial charge in [0.25, 0.3) is 5.91 Å². The Morgan fingerprint density at radius 1 is 1.24 bits per heavy atom. The summed E-state index contributed by atoms with van der Waals surface area (Å²) in [6, 6.07) is 10.7. The van der Waals surface area contributed by atoms with Gasteiger partial charge in [0.15, 0.2) is 5.15 Å². The van der Waals surface area contributed by atoms with Gasteiger partial charge < -0.3 is 20.1 Å². The van der Waals surface area contributed by atoms with Gasteiger partial charge in [-0.1, -0.05) is 23.7 Å². The highest BCUT2D eigenvalue weighted by Crippen LogP contribution is 2.19. The van der Waals surface area contributed by atoms with Gasteiger partial charge in [-0.25, -0.2) is 0 Å². The number of carbonyl (C=O) groups excluding carboxylic acids is 1.